The van der Waals surface area contributed by atoms with Gasteiger partial charge in [0.15, 0.2) is 0 Å². The molecule has 0 saturated carbocycles. The molecular weight excluding hydrogens is 424 g/mol. The van der Waals surface area contributed by atoms with Crippen LogP contribution >= 0.6 is 0 Å². The number of carbonyl (C=O) groups excluding carboxylic acids is 2. The fraction of sp³-hybridized carbons (Fsp3) is 0.379. The minimum Gasteiger partial charge on any atom is -0.444 e. The monoisotopic (exact) mass is 458 g/mol. The summed E-state index contributed by atoms with van der Waals surface area (Å²) in [6.07, 6.45) is 5.85. The number of rotatable bonds is 3. The Morgan fingerprint density at radius 1 is 0.941 bits per heavy atom. The number of amides is 2. The summed E-state index contributed by atoms with van der Waals surface area (Å²) in [5.74, 6) is 0.0657. The summed E-state index contributed by atoms with van der Waals surface area (Å²) in [5.41, 5.74) is 7.11. The smallest absolute Gasteiger partial charge is 0.407 e. The van der Waals surface area contributed by atoms with Gasteiger partial charge in [-0.3, -0.25) is 4.79 Å². The van der Waals surface area contributed by atoms with Crippen LogP contribution in [-0.4, -0.2) is 41.6 Å². The van der Waals surface area contributed by atoms with Gasteiger partial charge in [0.2, 0.25) is 5.91 Å². The Morgan fingerprint density at radius 2 is 1.47 bits per heavy atom. The summed E-state index contributed by atoms with van der Waals surface area (Å²) >= 11 is 0. The Morgan fingerprint density at radius 3 is 2.00 bits per heavy atom. The standard InChI is InChI=1S/C29H34N2O3/c1-20(30-28(33)34-29(2,3)4)19-26(32)31-17-15-23(16-18-31)27-24-11-7-5-9-21(24)13-14-22-10-6-8-12-25(22)27/h5-14,20H,15-19H2,1-4H3,(H,30,33)/t20-/m1/s1. The maximum Gasteiger partial charge on any atom is 0.407 e. The van der Waals surface area contributed by atoms with E-state index >= 15 is 0 Å². The highest BCUT2D eigenvalue weighted by Crippen LogP contribution is 2.38. The van der Waals surface area contributed by atoms with E-state index < -0.39 is 11.7 Å². The zero-order valence-electron chi connectivity index (χ0n) is 20.6. The number of ether oxygens (including phenoxy) is 1. The first-order chi connectivity index (χ1) is 16.2. The van der Waals surface area contributed by atoms with Crippen molar-refractivity contribution < 1.29 is 14.3 Å². The van der Waals surface area contributed by atoms with E-state index in [4.69, 9.17) is 4.74 Å². The summed E-state index contributed by atoms with van der Waals surface area (Å²) in [4.78, 5) is 26.8. The molecule has 34 heavy (non-hydrogen) atoms. The van der Waals surface area contributed by atoms with Crippen molar-refractivity contribution in [3.63, 3.8) is 0 Å². The quantitative estimate of drug-likeness (QED) is 0.532. The molecule has 0 bridgehead atoms. The maximum atomic E-state index is 12.9. The number of hydrogen-bond acceptors (Lipinski definition) is 3. The molecule has 178 valence electrons. The number of carbonyl (C=O) groups is 2. The lowest BCUT2D eigenvalue weighted by atomic mass is 9.86. The summed E-state index contributed by atoms with van der Waals surface area (Å²) in [6.45, 7) is 8.69. The molecule has 2 aromatic carbocycles. The van der Waals surface area contributed by atoms with E-state index in [2.05, 4.69) is 66.0 Å². The molecule has 1 fully saturated rings. The molecule has 0 spiro atoms. The van der Waals surface area contributed by atoms with E-state index in [0.29, 0.717) is 13.1 Å². The van der Waals surface area contributed by atoms with Crippen molar-refractivity contribution in [2.24, 2.45) is 0 Å². The molecule has 0 aromatic heterocycles. The van der Waals surface area contributed by atoms with Gasteiger partial charge in [0.25, 0.3) is 0 Å². The van der Waals surface area contributed by atoms with Crippen LogP contribution in [0.3, 0.4) is 0 Å². The van der Waals surface area contributed by atoms with E-state index in [0.717, 1.165) is 12.8 Å². The molecule has 1 N–H and O–H groups in total. The molecule has 1 atom stereocenters. The molecular formula is C29H34N2O3. The Labute approximate surface area is 202 Å². The third kappa shape index (κ3) is 5.58. The first-order valence-corrected chi connectivity index (χ1v) is 12.1. The van der Waals surface area contributed by atoms with Crippen molar-refractivity contribution in [3.05, 3.63) is 76.4 Å². The van der Waals surface area contributed by atoms with Gasteiger partial charge >= 0.3 is 6.09 Å². The third-order valence-corrected chi connectivity index (χ3v) is 6.22. The highest BCUT2D eigenvalue weighted by atomic mass is 16.6. The molecule has 2 amide bonds. The third-order valence-electron chi connectivity index (χ3n) is 6.22. The van der Waals surface area contributed by atoms with Crippen LogP contribution < -0.4 is 5.32 Å². The van der Waals surface area contributed by atoms with E-state index in [1.807, 2.05) is 32.6 Å². The predicted molar refractivity (Wildman–Crippen MR) is 137 cm³/mol. The number of benzene rings is 2. The van der Waals surface area contributed by atoms with Crippen molar-refractivity contribution in [2.45, 2.75) is 58.6 Å². The zero-order valence-corrected chi connectivity index (χ0v) is 20.6. The molecule has 2 aliphatic rings. The van der Waals surface area contributed by atoms with Crippen LogP contribution in [0.5, 0.6) is 0 Å². The molecule has 2 aromatic rings. The SMILES string of the molecule is C[C@H](CC(=O)N1CCC(=C2c3ccccc3C=Cc3ccccc32)CC1)NC(=O)OC(C)(C)C. The van der Waals surface area contributed by atoms with Crippen LogP contribution in [0.2, 0.25) is 0 Å². The minimum absolute atomic E-state index is 0.0657. The van der Waals surface area contributed by atoms with Gasteiger partial charge < -0.3 is 15.0 Å². The average Bonchev–Trinajstić information content (AvgIpc) is 2.94. The second-order valence-electron chi connectivity index (χ2n) is 10.1. The maximum absolute atomic E-state index is 12.9. The van der Waals surface area contributed by atoms with Crippen LogP contribution in [0.1, 0.15) is 69.2 Å². The first-order valence-electron chi connectivity index (χ1n) is 12.1. The number of alkyl carbamates (subject to hydrolysis) is 1. The van der Waals surface area contributed by atoms with Gasteiger partial charge in [-0.15, -0.1) is 0 Å². The Balaban J connectivity index is 1.46. The van der Waals surface area contributed by atoms with Crippen LogP contribution in [0.15, 0.2) is 54.1 Å². The number of hydrogen-bond donors (Lipinski definition) is 1. The molecule has 1 aliphatic heterocycles. The molecule has 0 unspecified atom stereocenters. The molecule has 1 heterocycles. The lowest BCUT2D eigenvalue weighted by molar-refractivity contribution is -0.132. The first kappa shape index (κ1) is 23.8. The number of fused-ring (bicyclic) bond motifs is 2. The molecule has 4 rings (SSSR count). The van der Waals surface area contributed by atoms with Gasteiger partial charge in [-0.1, -0.05) is 66.3 Å². The zero-order chi connectivity index (χ0) is 24.3. The summed E-state index contributed by atoms with van der Waals surface area (Å²) in [7, 11) is 0. The van der Waals surface area contributed by atoms with Gasteiger partial charge in [0.05, 0.1) is 0 Å². The number of nitrogens with zero attached hydrogens (tertiary/aromatic N) is 1. The van der Waals surface area contributed by atoms with Gasteiger partial charge in [-0.25, -0.2) is 4.79 Å². The fourth-order valence-electron chi connectivity index (χ4n) is 4.67. The highest BCUT2D eigenvalue weighted by molar-refractivity contribution is 5.95. The Bertz CT molecular complexity index is 1080. The number of nitrogens with one attached hydrogen (secondary N) is 1. The van der Waals surface area contributed by atoms with Gasteiger partial charge in [0, 0.05) is 25.6 Å². The van der Waals surface area contributed by atoms with Crippen LogP contribution in [-0.2, 0) is 9.53 Å². The lowest BCUT2D eigenvalue weighted by Crippen LogP contribution is -2.43. The molecule has 1 aliphatic carbocycles. The van der Waals surface area contributed by atoms with Crippen LogP contribution in [0, 0.1) is 0 Å². The van der Waals surface area contributed by atoms with Crippen molar-refractivity contribution in [3.8, 4) is 0 Å². The largest absolute Gasteiger partial charge is 0.444 e. The molecule has 0 radical (unpaired) electrons. The molecule has 1 saturated heterocycles. The number of piperidine rings is 1. The summed E-state index contributed by atoms with van der Waals surface area (Å²) < 4.78 is 5.30. The predicted octanol–water partition coefficient (Wildman–Crippen LogP) is 5.90. The summed E-state index contributed by atoms with van der Waals surface area (Å²) in [5, 5.41) is 2.77. The summed E-state index contributed by atoms with van der Waals surface area (Å²) in [6, 6.07) is 16.8. The molecule has 5 nitrogen and oxygen atoms in total. The van der Waals surface area contributed by atoms with Crippen LogP contribution in [0.25, 0.3) is 17.7 Å². The van der Waals surface area contributed by atoms with E-state index in [9.17, 15) is 9.59 Å². The topological polar surface area (TPSA) is 58.6 Å². The fourth-order valence-corrected chi connectivity index (χ4v) is 4.67. The average molecular weight is 459 g/mol. The van der Waals surface area contributed by atoms with Crippen molar-refractivity contribution in [1.29, 1.82) is 0 Å². The minimum atomic E-state index is -0.560. The van der Waals surface area contributed by atoms with Crippen molar-refractivity contribution in [2.75, 3.05) is 13.1 Å². The van der Waals surface area contributed by atoms with Crippen LogP contribution in [0.4, 0.5) is 4.79 Å². The van der Waals surface area contributed by atoms with E-state index in [-0.39, 0.29) is 18.4 Å². The van der Waals surface area contributed by atoms with Gasteiger partial charge in [-0.05, 0) is 68.4 Å². The highest BCUT2D eigenvalue weighted by Gasteiger charge is 2.26. The van der Waals surface area contributed by atoms with Crippen molar-refractivity contribution >= 4 is 29.7 Å². The van der Waals surface area contributed by atoms with Crippen molar-refractivity contribution in [1.82, 2.24) is 10.2 Å². The lowest BCUT2D eigenvalue weighted by Gasteiger charge is -2.31. The second-order valence-corrected chi connectivity index (χ2v) is 10.1. The number of likely N-dealkylation sites (tertiary alicyclic amines) is 1. The van der Waals surface area contributed by atoms with Gasteiger partial charge in [-0.2, -0.15) is 0 Å². The normalized spacial score (nSPS) is 16.3. The second kappa shape index (κ2) is 9.88. The van der Waals surface area contributed by atoms with Gasteiger partial charge in [0.1, 0.15) is 5.60 Å². The van der Waals surface area contributed by atoms with E-state index in [1.165, 1.54) is 33.4 Å². The Hall–Kier alpha value is -3.34. The van der Waals surface area contributed by atoms with E-state index in [1.54, 1.807) is 0 Å². The Kier molecular flexibility index (Phi) is 6.92. The molecule has 5 heteroatoms.